The van der Waals surface area contributed by atoms with Crippen LogP contribution in [-0.2, 0) is 18.3 Å². The largest absolute Gasteiger partial charge is 0.377 e. The second-order valence-corrected chi connectivity index (χ2v) is 5.87. The van der Waals surface area contributed by atoms with Crippen molar-refractivity contribution in [1.82, 2.24) is 9.88 Å². The molecule has 1 aliphatic heterocycles. The molecule has 2 aromatic rings. The Balaban J connectivity index is 1.77. The van der Waals surface area contributed by atoms with Crippen molar-refractivity contribution in [2.75, 3.05) is 6.61 Å². The molecule has 1 aromatic carbocycles. The van der Waals surface area contributed by atoms with Crippen molar-refractivity contribution < 1.29 is 4.74 Å². The number of hydrogen-bond donors (Lipinski definition) is 1. The van der Waals surface area contributed by atoms with E-state index < -0.39 is 0 Å². The van der Waals surface area contributed by atoms with Gasteiger partial charge in [-0.3, -0.25) is 0 Å². The first kappa shape index (κ1) is 13.7. The van der Waals surface area contributed by atoms with E-state index in [-0.39, 0.29) is 0 Å². The highest BCUT2D eigenvalue weighted by molar-refractivity contribution is 5.85. The summed E-state index contributed by atoms with van der Waals surface area (Å²) in [5.41, 5.74) is 4.07. The molecule has 2 atom stereocenters. The van der Waals surface area contributed by atoms with Crippen LogP contribution < -0.4 is 5.32 Å². The molecule has 1 N–H and O–H groups in total. The maximum Gasteiger partial charge on any atom is 0.0726 e. The lowest BCUT2D eigenvalue weighted by Gasteiger charge is -2.20. The Bertz CT molecular complexity index is 557. The molecular weight excluding hydrogens is 248 g/mol. The Hall–Kier alpha value is -1.32. The molecule has 0 spiro atoms. The van der Waals surface area contributed by atoms with E-state index in [0.717, 1.165) is 13.2 Å². The minimum absolute atomic E-state index is 0.380. The van der Waals surface area contributed by atoms with Gasteiger partial charge in [0.2, 0.25) is 0 Å². The van der Waals surface area contributed by atoms with E-state index in [1.54, 1.807) is 0 Å². The van der Waals surface area contributed by atoms with Crippen molar-refractivity contribution in [2.45, 2.75) is 45.4 Å². The Labute approximate surface area is 120 Å². The lowest BCUT2D eigenvalue weighted by atomic mass is 10.1. The molecule has 20 heavy (non-hydrogen) atoms. The molecule has 1 aromatic heterocycles. The summed E-state index contributed by atoms with van der Waals surface area (Å²) < 4.78 is 8.06. The molecule has 0 radical (unpaired) electrons. The minimum atomic E-state index is 0.380. The highest BCUT2D eigenvalue weighted by Gasteiger charge is 2.22. The summed E-state index contributed by atoms with van der Waals surface area (Å²) in [5, 5.41) is 5.00. The lowest BCUT2D eigenvalue weighted by molar-refractivity contribution is 0.0830. The van der Waals surface area contributed by atoms with E-state index >= 15 is 0 Å². The summed E-state index contributed by atoms with van der Waals surface area (Å²) in [7, 11) is 2.16. The fraction of sp³-hybridized carbons (Fsp3) is 0.529. The summed E-state index contributed by atoms with van der Waals surface area (Å²) in [6.07, 6.45) is 2.76. The van der Waals surface area contributed by atoms with Crippen LogP contribution in [0.15, 0.2) is 24.3 Å². The summed E-state index contributed by atoms with van der Waals surface area (Å²) in [5.74, 6) is 0. The first-order valence-electron chi connectivity index (χ1n) is 7.56. The van der Waals surface area contributed by atoms with E-state index in [4.69, 9.17) is 4.74 Å². The second-order valence-electron chi connectivity index (χ2n) is 5.87. The van der Waals surface area contributed by atoms with Gasteiger partial charge in [-0.05, 0) is 38.3 Å². The van der Waals surface area contributed by atoms with Gasteiger partial charge in [-0.15, -0.1) is 0 Å². The van der Waals surface area contributed by atoms with Crippen LogP contribution >= 0.6 is 0 Å². The van der Waals surface area contributed by atoms with Crippen molar-refractivity contribution in [2.24, 2.45) is 7.05 Å². The highest BCUT2D eigenvalue weighted by Crippen LogP contribution is 2.24. The average molecular weight is 272 g/mol. The van der Waals surface area contributed by atoms with Crippen LogP contribution in [0, 0.1) is 6.92 Å². The van der Waals surface area contributed by atoms with Gasteiger partial charge in [0, 0.05) is 42.8 Å². The number of para-hydroxylation sites is 1. The van der Waals surface area contributed by atoms with Crippen LogP contribution in [0.3, 0.4) is 0 Å². The Kier molecular flexibility index (Phi) is 3.81. The third-order valence-electron chi connectivity index (χ3n) is 4.62. The normalized spacial score (nSPS) is 20.6. The van der Waals surface area contributed by atoms with Gasteiger partial charge in [0.05, 0.1) is 6.10 Å². The van der Waals surface area contributed by atoms with Crippen LogP contribution in [0.5, 0.6) is 0 Å². The van der Waals surface area contributed by atoms with E-state index in [0.29, 0.717) is 12.1 Å². The number of nitrogens with one attached hydrogen (secondary N) is 1. The van der Waals surface area contributed by atoms with Gasteiger partial charge in [-0.25, -0.2) is 0 Å². The van der Waals surface area contributed by atoms with Crippen molar-refractivity contribution in [3.63, 3.8) is 0 Å². The summed E-state index contributed by atoms with van der Waals surface area (Å²) in [6.45, 7) is 6.27. The average Bonchev–Trinajstić information content (AvgIpc) is 3.07. The molecule has 1 aliphatic rings. The predicted molar refractivity (Wildman–Crippen MR) is 82.9 cm³/mol. The number of fused-ring (bicyclic) bond motifs is 1. The summed E-state index contributed by atoms with van der Waals surface area (Å²) in [6, 6.07) is 9.03. The molecule has 1 saturated heterocycles. The minimum Gasteiger partial charge on any atom is -0.377 e. The summed E-state index contributed by atoms with van der Waals surface area (Å²) in [4.78, 5) is 0. The molecule has 2 heterocycles. The van der Waals surface area contributed by atoms with Crippen LogP contribution in [0.2, 0.25) is 0 Å². The van der Waals surface area contributed by atoms with Gasteiger partial charge in [0.15, 0.2) is 0 Å². The number of aromatic nitrogens is 1. The van der Waals surface area contributed by atoms with Gasteiger partial charge in [-0.1, -0.05) is 18.2 Å². The van der Waals surface area contributed by atoms with Gasteiger partial charge in [0.25, 0.3) is 0 Å². The van der Waals surface area contributed by atoms with E-state index in [1.165, 1.54) is 35.0 Å². The van der Waals surface area contributed by atoms with Crippen molar-refractivity contribution in [3.05, 3.63) is 35.5 Å². The quantitative estimate of drug-likeness (QED) is 0.925. The zero-order valence-corrected chi connectivity index (χ0v) is 12.6. The Morgan fingerprint density at radius 3 is 2.90 bits per heavy atom. The fourth-order valence-corrected chi connectivity index (χ4v) is 3.27. The van der Waals surface area contributed by atoms with Crippen LogP contribution in [0.25, 0.3) is 10.9 Å². The van der Waals surface area contributed by atoms with Gasteiger partial charge in [0.1, 0.15) is 0 Å². The zero-order chi connectivity index (χ0) is 14.1. The van der Waals surface area contributed by atoms with Crippen molar-refractivity contribution in [1.29, 1.82) is 0 Å². The number of rotatable bonds is 4. The standard InChI is InChI=1S/C17H24N2O/c1-12-14-7-4-5-8-15(14)19(3)16(12)11-18-13(2)17-9-6-10-20-17/h4-5,7-8,13,17-18H,6,9-11H2,1-3H3. The van der Waals surface area contributed by atoms with Gasteiger partial charge >= 0.3 is 0 Å². The van der Waals surface area contributed by atoms with Crippen molar-refractivity contribution in [3.8, 4) is 0 Å². The molecule has 0 bridgehead atoms. The number of nitrogens with zero attached hydrogens (tertiary/aromatic N) is 1. The lowest BCUT2D eigenvalue weighted by Crippen LogP contribution is -2.37. The molecule has 3 nitrogen and oxygen atoms in total. The monoisotopic (exact) mass is 272 g/mol. The van der Waals surface area contributed by atoms with Gasteiger partial charge < -0.3 is 14.6 Å². The molecule has 0 amide bonds. The SMILES string of the molecule is Cc1c(CNC(C)C2CCCO2)n(C)c2ccccc12. The fourth-order valence-electron chi connectivity index (χ4n) is 3.27. The first-order chi connectivity index (χ1) is 9.68. The molecular formula is C17H24N2O. The van der Waals surface area contributed by atoms with E-state index in [1.807, 2.05) is 0 Å². The number of ether oxygens (including phenoxy) is 1. The molecule has 0 saturated carbocycles. The third kappa shape index (κ3) is 2.36. The van der Waals surface area contributed by atoms with Crippen LogP contribution in [0.4, 0.5) is 0 Å². The summed E-state index contributed by atoms with van der Waals surface area (Å²) >= 11 is 0. The molecule has 3 rings (SSSR count). The number of hydrogen-bond acceptors (Lipinski definition) is 2. The number of benzene rings is 1. The molecule has 3 heteroatoms. The second kappa shape index (κ2) is 5.58. The predicted octanol–water partition coefficient (Wildman–Crippen LogP) is 3.14. The highest BCUT2D eigenvalue weighted by atomic mass is 16.5. The number of aryl methyl sites for hydroxylation is 2. The Morgan fingerprint density at radius 2 is 2.20 bits per heavy atom. The Morgan fingerprint density at radius 1 is 1.40 bits per heavy atom. The van der Waals surface area contributed by atoms with Crippen molar-refractivity contribution >= 4 is 10.9 Å². The molecule has 108 valence electrons. The van der Waals surface area contributed by atoms with Gasteiger partial charge in [-0.2, -0.15) is 0 Å². The van der Waals surface area contributed by atoms with E-state index in [2.05, 4.69) is 55.0 Å². The van der Waals surface area contributed by atoms with Crippen LogP contribution in [0.1, 0.15) is 31.0 Å². The third-order valence-corrected chi connectivity index (χ3v) is 4.62. The topological polar surface area (TPSA) is 26.2 Å². The zero-order valence-electron chi connectivity index (χ0n) is 12.6. The molecule has 2 unspecified atom stereocenters. The van der Waals surface area contributed by atoms with E-state index in [9.17, 15) is 0 Å². The molecule has 0 aliphatic carbocycles. The maximum absolute atomic E-state index is 5.75. The smallest absolute Gasteiger partial charge is 0.0726 e. The maximum atomic E-state index is 5.75. The molecule has 1 fully saturated rings. The van der Waals surface area contributed by atoms with Crippen LogP contribution in [-0.4, -0.2) is 23.3 Å². The first-order valence-corrected chi connectivity index (χ1v) is 7.56.